The Morgan fingerprint density at radius 1 is 0.359 bits per heavy atom. The van der Waals surface area contributed by atoms with Gasteiger partial charge in [-0.25, -0.2) is 0 Å². The molecule has 0 aromatic carbocycles. The summed E-state index contributed by atoms with van der Waals surface area (Å²) in [6.45, 7) is 7.46. The van der Waals surface area contributed by atoms with Gasteiger partial charge in [0.05, 0.1) is 6.61 Å². The molecule has 0 aliphatic heterocycles. The summed E-state index contributed by atoms with van der Waals surface area (Å²) in [4.78, 5) is 25.4. The van der Waals surface area contributed by atoms with Crippen molar-refractivity contribution in [3.05, 3.63) is 122 Å². The van der Waals surface area contributed by atoms with Crippen LogP contribution in [0, 0.1) is 0 Å². The van der Waals surface area contributed by atoms with Crippen molar-refractivity contribution in [1.82, 2.24) is 0 Å². The summed E-state index contributed by atoms with van der Waals surface area (Å²) in [6, 6.07) is 0. The Kier molecular flexibility index (Phi) is 50.5. The molecule has 1 atom stereocenters. The number of ether oxygens (including phenoxy) is 3. The van der Waals surface area contributed by atoms with Gasteiger partial charge in [-0.3, -0.25) is 9.59 Å². The molecule has 0 aromatic rings. The fraction of sp³-hybridized carbons (Fsp3) is 0.627. The van der Waals surface area contributed by atoms with E-state index in [4.69, 9.17) is 14.2 Å². The molecule has 0 aliphatic rings. The summed E-state index contributed by atoms with van der Waals surface area (Å²) in [5, 5.41) is 0. The minimum absolute atomic E-state index is 0.0426. The minimum Gasteiger partial charge on any atom is -0.462 e. The van der Waals surface area contributed by atoms with Crippen LogP contribution < -0.4 is 0 Å². The molecule has 0 saturated heterocycles. The molecule has 0 N–H and O–H groups in total. The topological polar surface area (TPSA) is 61.8 Å². The molecule has 0 amide bonds. The molecule has 0 aliphatic carbocycles. The van der Waals surface area contributed by atoms with Crippen molar-refractivity contribution in [3.8, 4) is 0 Å². The van der Waals surface area contributed by atoms with Crippen LogP contribution in [0.4, 0.5) is 0 Å². The van der Waals surface area contributed by atoms with Crippen LogP contribution in [0.3, 0.4) is 0 Å². The summed E-state index contributed by atoms with van der Waals surface area (Å²) < 4.78 is 17.4. The molecule has 0 aromatic heterocycles. The Morgan fingerprint density at radius 3 is 1.16 bits per heavy atom. The van der Waals surface area contributed by atoms with Crippen LogP contribution in [0.1, 0.15) is 213 Å². The van der Waals surface area contributed by atoms with Gasteiger partial charge in [0, 0.05) is 19.4 Å². The van der Waals surface area contributed by atoms with Crippen LogP contribution >= 0.6 is 0 Å². The van der Waals surface area contributed by atoms with E-state index in [0.717, 1.165) is 122 Å². The van der Waals surface area contributed by atoms with E-state index in [1.807, 2.05) is 0 Å². The highest BCUT2D eigenvalue weighted by Gasteiger charge is 2.17. The Morgan fingerprint density at radius 2 is 0.703 bits per heavy atom. The van der Waals surface area contributed by atoms with Gasteiger partial charge in [0.2, 0.25) is 0 Å². The molecule has 0 rings (SSSR count). The zero-order chi connectivity index (χ0) is 46.3. The molecule has 362 valence electrons. The first-order valence-corrected chi connectivity index (χ1v) is 26.1. The largest absolute Gasteiger partial charge is 0.462 e. The van der Waals surface area contributed by atoms with Gasteiger partial charge >= 0.3 is 11.9 Å². The zero-order valence-corrected chi connectivity index (χ0v) is 41.5. The van der Waals surface area contributed by atoms with Crippen LogP contribution in [0.2, 0.25) is 0 Å². The summed E-state index contributed by atoms with van der Waals surface area (Å²) in [5.74, 6) is -0.480. The van der Waals surface area contributed by atoms with Crippen LogP contribution in [0.25, 0.3) is 0 Å². The second kappa shape index (κ2) is 53.6. The van der Waals surface area contributed by atoms with E-state index in [2.05, 4.69) is 142 Å². The number of allylic oxidation sites excluding steroid dienone is 20. The lowest BCUT2D eigenvalue weighted by Crippen LogP contribution is -2.30. The van der Waals surface area contributed by atoms with E-state index in [1.165, 1.54) is 57.8 Å². The van der Waals surface area contributed by atoms with Gasteiger partial charge in [-0.05, 0) is 128 Å². The monoisotopic (exact) mass is 885 g/mol. The fourth-order valence-electron chi connectivity index (χ4n) is 6.64. The molecule has 0 heterocycles. The van der Waals surface area contributed by atoms with Crippen molar-refractivity contribution in [2.24, 2.45) is 0 Å². The van der Waals surface area contributed by atoms with E-state index >= 15 is 0 Å². The highest BCUT2D eigenvalue weighted by atomic mass is 16.6. The second-order valence-electron chi connectivity index (χ2n) is 16.7. The van der Waals surface area contributed by atoms with Gasteiger partial charge < -0.3 is 14.2 Å². The van der Waals surface area contributed by atoms with Crippen molar-refractivity contribution < 1.29 is 23.8 Å². The quantitative estimate of drug-likeness (QED) is 0.0346. The Labute approximate surface area is 395 Å². The van der Waals surface area contributed by atoms with Crippen molar-refractivity contribution in [3.63, 3.8) is 0 Å². The number of carbonyl (C=O) groups is 2. The average Bonchev–Trinajstić information content (AvgIpc) is 3.30. The van der Waals surface area contributed by atoms with E-state index in [0.29, 0.717) is 19.4 Å². The molecule has 0 saturated carbocycles. The molecular weight excluding hydrogens is 789 g/mol. The number of hydrogen-bond donors (Lipinski definition) is 0. The van der Waals surface area contributed by atoms with E-state index in [9.17, 15) is 9.59 Å². The van der Waals surface area contributed by atoms with E-state index < -0.39 is 6.10 Å². The third kappa shape index (κ3) is 50.9. The second-order valence-corrected chi connectivity index (χ2v) is 16.7. The van der Waals surface area contributed by atoms with Gasteiger partial charge in [0.1, 0.15) is 6.61 Å². The number of unbranched alkanes of at least 4 members (excludes halogenated alkanes) is 15. The Bertz CT molecular complexity index is 1320. The summed E-state index contributed by atoms with van der Waals surface area (Å²) in [6.07, 6.45) is 74.9. The van der Waals surface area contributed by atoms with Crippen molar-refractivity contribution in [1.29, 1.82) is 0 Å². The third-order valence-corrected chi connectivity index (χ3v) is 10.5. The predicted octanol–water partition coefficient (Wildman–Crippen LogP) is 17.8. The number of carbonyl (C=O) groups excluding carboxylic acids is 2. The van der Waals surface area contributed by atoms with Gasteiger partial charge in [-0.2, -0.15) is 0 Å². The van der Waals surface area contributed by atoms with Crippen LogP contribution in [0.15, 0.2) is 122 Å². The zero-order valence-electron chi connectivity index (χ0n) is 41.5. The van der Waals surface area contributed by atoms with Crippen molar-refractivity contribution >= 4 is 11.9 Å². The first-order valence-electron chi connectivity index (χ1n) is 26.1. The molecule has 0 fully saturated rings. The molecule has 5 heteroatoms. The molecule has 0 bridgehead atoms. The van der Waals surface area contributed by atoms with Crippen molar-refractivity contribution in [2.45, 2.75) is 219 Å². The first-order chi connectivity index (χ1) is 31.6. The van der Waals surface area contributed by atoms with Gasteiger partial charge in [-0.1, -0.05) is 194 Å². The molecular formula is C59H96O5. The summed E-state index contributed by atoms with van der Waals surface area (Å²) in [5.41, 5.74) is 0. The summed E-state index contributed by atoms with van der Waals surface area (Å²) in [7, 11) is 0. The summed E-state index contributed by atoms with van der Waals surface area (Å²) >= 11 is 0. The highest BCUT2D eigenvalue weighted by Crippen LogP contribution is 2.12. The van der Waals surface area contributed by atoms with E-state index in [-0.39, 0.29) is 25.2 Å². The van der Waals surface area contributed by atoms with E-state index in [1.54, 1.807) is 0 Å². The van der Waals surface area contributed by atoms with Crippen LogP contribution in [0.5, 0.6) is 0 Å². The molecule has 1 unspecified atom stereocenters. The fourth-order valence-corrected chi connectivity index (χ4v) is 6.64. The number of esters is 2. The maximum Gasteiger partial charge on any atom is 0.306 e. The maximum absolute atomic E-state index is 12.8. The predicted molar refractivity (Wildman–Crippen MR) is 279 cm³/mol. The van der Waals surface area contributed by atoms with Gasteiger partial charge in [0.15, 0.2) is 6.10 Å². The van der Waals surface area contributed by atoms with Crippen molar-refractivity contribution in [2.75, 3.05) is 19.8 Å². The normalized spacial score (nSPS) is 13.2. The Balaban J connectivity index is 4.43. The minimum atomic E-state index is -0.579. The van der Waals surface area contributed by atoms with Gasteiger partial charge in [0.25, 0.3) is 0 Å². The molecule has 0 radical (unpaired) electrons. The maximum atomic E-state index is 12.8. The highest BCUT2D eigenvalue weighted by molar-refractivity contribution is 5.70. The first kappa shape index (κ1) is 60.3. The number of hydrogen-bond acceptors (Lipinski definition) is 5. The SMILES string of the molecule is CC/C=C\C/C=C\C/C=C\C/C=C\CCCCCCCOCC(COC(=O)CCCC/C=C\C/C=C\C/C=C\C/C=C\CC)OC(=O)CCCCCCC/C=C\C/C=C\CCCCC. The van der Waals surface area contributed by atoms with Crippen LogP contribution in [-0.2, 0) is 23.8 Å². The lowest BCUT2D eigenvalue weighted by molar-refractivity contribution is -0.163. The average molecular weight is 885 g/mol. The Hall–Kier alpha value is -3.70. The van der Waals surface area contributed by atoms with Gasteiger partial charge in [-0.15, -0.1) is 0 Å². The smallest absolute Gasteiger partial charge is 0.306 e. The van der Waals surface area contributed by atoms with Crippen LogP contribution in [-0.4, -0.2) is 37.9 Å². The molecule has 0 spiro atoms. The molecule has 64 heavy (non-hydrogen) atoms. The molecule has 5 nitrogen and oxygen atoms in total. The standard InChI is InChI=1S/C59H96O5/c1-4-7-10-13-16-19-22-25-28-29-30-33-36-39-42-45-48-51-54-62-55-57(64-59(61)53-50-47-44-41-38-35-32-27-24-21-18-15-12-9-6-3)56-63-58(60)52-49-46-43-40-37-34-31-26-23-20-17-14-11-8-5-2/h7-8,10-11,16-21,25-28,30-33,37,40,57H,4-6,9,12-15,22-24,29,34-36,38-39,41-56H2,1-3H3/b10-7-,11-8-,19-16-,20-17-,21-18-,28-25-,31-26-,32-27-,33-30-,40-37-. The third-order valence-electron chi connectivity index (χ3n) is 10.5. The lowest BCUT2D eigenvalue weighted by atomic mass is 10.1. The lowest BCUT2D eigenvalue weighted by Gasteiger charge is -2.18. The number of rotatable bonds is 46.